The molecule has 0 aliphatic rings. The largest absolute Gasteiger partial charge is 0.478 e. The first-order valence-electron chi connectivity index (χ1n) is 5.74. The Morgan fingerprint density at radius 2 is 1.89 bits per heavy atom. The van der Waals surface area contributed by atoms with Crippen molar-refractivity contribution in [3.63, 3.8) is 0 Å². The van der Waals surface area contributed by atoms with E-state index < -0.39 is 18.0 Å². The van der Waals surface area contributed by atoms with Crippen molar-refractivity contribution in [1.82, 2.24) is 0 Å². The van der Waals surface area contributed by atoms with E-state index in [2.05, 4.69) is 11.3 Å². The molecule has 0 aromatic carbocycles. The molecule has 0 radical (unpaired) electrons. The Hall–Kier alpha value is -1.66. The molecule has 0 amide bonds. The zero-order valence-electron chi connectivity index (χ0n) is 11.5. The third-order valence-electron chi connectivity index (χ3n) is 1.78. The van der Waals surface area contributed by atoms with Crippen LogP contribution in [0.1, 0.15) is 27.2 Å². The predicted molar refractivity (Wildman–Crippen MR) is 70.5 cm³/mol. The van der Waals surface area contributed by atoms with Gasteiger partial charge in [-0.15, -0.1) is 0 Å². The molecule has 6 heteroatoms. The van der Waals surface area contributed by atoms with Gasteiger partial charge in [-0.05, 0) is 27.2 Å². The molecule has 0 heterocycles. The maximum absolute atomic E-state index is 10.5. The van der Waals surface area contributed by atoms with E-state index in [1.165, 1.54) is 13.0 Å². The Bertz CT molecular complexity index is 330. The summed E-state index contributed by atoms with van der Waals surface area (Å²) in [6.45, 7) is 7.94. The lowest BCUT2D eigenvalue weighted by Gasteiger charge is -1.99. The predicted octanol–water partition coefficient (Wildman–Crippen LogP) is 0.886. The van der Waals surface area contributed by atoms with Gasteiger partial charge in [0.2, 0.25) is 0 Å². The van der Waals surface area contributed by atoms with Crippen LogP contribution in [0, 0.1) is 0 Å². The molecule has 0 bridgehead atoms. The van der Waals surface area contributed by atoms with Gasteiger partial charge in [0.05, 0.1) is 12.7 Å². The number of aliphatic carboxylic acids is 1. The molecule has 0 aromatic rings. The van der Waals surface area contributed by atoms with Crippen LogP contribution in [-0.2, 0) is 14.3 Å². The second-order valence-corrected chi connectivity index (χ2v) is 3.92. The molecular weight excluding hydrogens is 252 g/mol. The monoisotopic (exact) mass is 274 g/mol. The van der Waals surface area contributed by atoms with E-state index in [4.69, 9.17) is 15.3 Å². The van der Waals surface area contributed by atoms with Gasteiger partial charge in [-0.25, -0.2) is 9.59 Å². The Morgan fingerprint density at radius 1 is 1.37 bits per heavy atom. The van der Waals surface area contributed by atoms with Gasteiger partial charge < -0.3 is 20.1 Å². The Morgan fingerprint density at radius 3 is 2.21 bits per heavy atom. The fourth-order valence-electron chi connectivity index (χ4n) is 0.696. The standard InChI is InChI=1S/C7H12O3.C6H10O3/c1-5(7(9)10)3-4-6(2)8;1-5(2)6(8)9-4-3-7/h3,6,8H,4H2,1-2H3,(H,9,10);7H,1,3-4H2,2H3. The highest BCUT2D eigenvalue weighted by Gasteiger charge is 2.00. The van der Waals surface area contributed by atoms with Crippen LogP contribution in [0.3, 0.4) is 0 Å². The van der Waals surface area contributed by atoms with E-state index in [0.29, 0.717) is 12.0 Å². The van der Waals surface area contributed by atoms with E-state index >= 15 is 0 Å². The average molecular weight is 274 g/mol. The number of carboxylic acids is 1. The zero-order chi connectivity index (χ0) is 15.4. The quantitative estimate of drug-likeness (QED) is 0.491. The van der Waals surface area contributed by atoms with Crippen LogP contribution in [-0.4, -0.2) is 46.6 Å². The molecular formula is C13H22O6. The highest BCUT2D eigenvalue weighted by Crippen LogP contribution is 1.98. The maximum atomic E-state index is 10.5. The van der Waals surface area contributed by atoms with Crippen molar-refractivity contribution in [1.29, 1.82) is 0 Å². The van der Waals surface area contributed by atoms with Crippen LogP contribution in [0.15, 0.2) is 23.8 Å². The van der Waals surface area contributed by atoms with Crippen molar-refractivity contribution >= 4 is 11.9 Å². The topological polar surface area (TPSA) is 104 Å². The van der Waals surface area contributed by atoms with Gasteiger partial charge in [0.25, 0.3) is 0 Å². The van der Waals surface area contributed by atoms with Gasteiger partial charge in [-0.2, -0.15) is 0 Å². The molecule has 0 aliphatic heterocycles. The van der Waals surface area contributed by atoms with Crippen molar-refractivity contribution < 1.29 is 29.6 Å². The minimum atomic E-state index is -0.930. The van der Waals surface area contributed by atoms with Gasteiger partial charge in [0.15, 0.2) is 0 Å². The summed E-state index contributed by atoms with van der Waals surface area (Å²) in [5, 5.41) is 25.3. The number of carboxylic acid groups (broad SMARTS) is 1. The Kier molecular flexibility index (Phi) is 11.8. The van der Waals surface area contributed by atoms with Crippen molar-refractivity contribution in [2.24, 2.45) is 0 Å². The molecule has 0 aromatic heterocycles. The van der Waals surface area contributed by atoms with Gasteiger partial charge in [-0.1, -0.05) is 12.7 Å². The van der Waals surface area contributed by atoms with Crippen molar-refractivity contribution in [3.05, 3.63) is 23.8 Å². The lowest BCUT2D eigenvalue weighted by molar-refractivity contribution is -0.140. The molecule has 0 spiro atoms. The number of carbonyl (C=O) groups is 2. The molecule has 1 atom stereocenters. The first kappa shape index (κ1) is 19.7. The maximum Gasteiger partial charge on any atom is 0.333 e. The number of ether oxygens (including phenoxy) is 1. The van der Waals surface area contributed by atoms with E-state index in [-0.39, 0.29) is 18.8 Å². The van der Waals surface area contributed by atoms with Gasteiger partial charge in [-0.3, -0.25) is 0 Å². The van der Waals surface area contributed by atoms with E-state index in [1.807, 2.05) is 0 Å². The third kappa shape index (κ3) is 14.3. The fraction of sp³-hybridized carbons (Fsp3) is 0.538. The van der Waals surface area contributed by atoms with Crippen LogP contribution in [0.25, 0.3) is 0 Å². The third-order valence-corrected chi connectivity index (χ3v) is 1.78. The number of aliphatic hydroxyl groups is 2. The molecule has 1 unspecified atom stereocenters. The summed E-state index contributed by atoms with van der Waals surface area (Å²) in [4.78, 5) is 20.6. The number of aliphatic hydroxyl groups excluding tert-OH is 2. The van der Waals surface area contributed by atoms with Crippen LogP contribution in [0.2, 0.25) is 0 Å². The van der Waals surface area contributed by atoms with Crippen LogP contribution in [0.5, 0.6) is 0 Å². The lowest BCUT2D eigenvalue weighted by Crippen LogP contribution is -2.08. The highest BCUT2D eigenvalue weighted by molar-refractivity contribution is 5.86. The minimum Gasteiger partial charge on any atom is -0.478 e. The normalized spacial score (nSPS) is 11.9. The molecule has 0 aliphatic carbocycles. The van der Waals surface area contributed by atoms with Crippen LogP contribution in [0.4, 0.5) is 0 Å². The van der Waals surface area contributed by atoms with Crippen LogP contribution < -0.4 is 0 Å². The first-order chi connectivity index (χ1) is 8.72. The number of carbonyl (C=O) groups excluding carboxylic acids is 1. The van der Waals surface area contributed by atoms with E-state index in [9.17, 15) is 9.59 Å². The molecule has 0 rings (SSSR count). The van der Waals surface area contributed by atoms with Crippen molar-refractivity contribution in [2.75, 3.05) is 13.2 Å². The van der Waals surface area contributed by atoms with Gasteiger partial charge >= 0.3 is 11.9 Å². The SMILES string of the molecule is C=C(C)C(=O)OCCO.CC(=CCC(C)O)C(=O)O. The van der Waals surface area contributed by atoms with Gasteiger partial charge in [0, 0.05) is 11.1 Å². The Labute approximate surface area is 113 Å². The second-order valence-electron chi connectivity index (χ2n) is 3.92. The lowest BCUT2D eigenvalue weighted by atomic mass is 10.2. The summed E-state index contributed by atoms with van der Waals surface area (Å²) in [5.74, 6) is -1.38. The van der Waals surface area contributed by atoms with Crippen molar-refractivity contribution in [2.45, 2.75) is 33.3 Å². The van der Waals surface area contributed by atoms with E-state index in [0.717, 1.165) is 0 Å². The summed E-state index contributed by atoms with van der Waals surface area (Å²) in [6, 6.07) is 0. The highest BCUT2D eigenvalue weighted by atomic mass is 16.5. The molecule has 110 valence electrons. The molecule has 6 nitrogen and oxygen atoms in total. The average Bonchev–Trinajstić information content (AvgIpc) is 2.33. The zero-order valence-corrected chi connectivity index (χ0v) is 11.5. The van der Waals surface area contributed by atoms with Gasteiger partial charge in [0.1, 0.15) is 6.61 Å². The van der Waals surface area contributed by atoms with Crippen LogP contribution >= 0.6 is 0 Å². The summed E-state index contributed by atoms with van der Waals surface area (Å²) in [7, 11) is 0. The molecule has 0 saturated heterocycles. The number of rotatable bonds is 6. The summed E-state index contributed by atoms with van der Waals surface area (Å²) < 4.78 is 4.46. The molecule has 0 saturated carbocycles. The summed E-state index contributed by atoms with van der Waals surface area (Å²) in [5.41, 5.74) is 0.629. The minimum absolute atomic E-state index is 0.0473. The Balaban J connectivity index is 0. The second kappa shape index (κ2) is 11.4. The number of hydrogen-bond acceptors (Lipinski definition) is 5. The number of esters is 1. The first-order valence-corrected chi connectivity index (χ1v) is 5.74. The smallest absolute Gasteiger partial charge is 0.333 e. The molecule has 19 heavy (non-hydrogen) atoms. The molecule has 0 fully saturated rings. The summed E-state index contributed by atoms with van der Waals surface area (Å²) in [6.07, 6.45) is 1.44. The molecule has 3 N–H and O–H groups in total. The summed E-state index contributed by atoms with van der Waals surface area (Å²) >= 11 is 0. The number of hydrogen-bond donors (Lipinski definition) is 3. The van der Waals surface area contributed by atoms with Crippen molar-refractivity contribution in [3.8, 4) is 0 Å². The van der Waals surface area contributed by atoms with E-state index in [1.54, 1.807) is 13.8 Å². The fourth-order valence-corrected chi connectivity index (χ4v) is 0.696.